The first-order valence-electron chi connectivity index (χ1n) is 5.59. The summed E-state index contributed by atoms with van der Waals surface area (Å²) >= 11 is 1.33. The van der Waals surface area contributed by atoms with E-state index in [0.29, 0.717) is 0 Å². The second-order valence-corrected chi connectivity index (χ2v) is 5.17. The number of rotatable bonds is 6. The Morgan fingerprint density at radius 2 is 1.94 bits per heavy atom. The smallest absolute Gasteiger partial charge is 0.234 e. The van der Waals surface area contributed by atoms with Gasteiger partial charge >= 0.3 is 0 Å². The lowest BCUT2D eigenvalue weighted by atomic mass is 10.3. The Labute approximate surface area is 111 Å². The molecule has 1 amide bonds. The van der Waals surface area contributed by atoms with Crippen LogP contribution in [0.4, 0.5) is 5.69 Å². The molecule has 1 rings (SSSR count). The number of nitrogens with one attached hydrogen (secondary N) is 1. The molecule has 5 heteroatoms. The molecule has 0 saturated carbocycles. The van der Waals surface area contributed by atoms with Crippen molar-refractivity contribution < 1.29 is 14.3 Å². The third-order valence-corrected chi connectivity index (χ3v) is 3.67. The van der Waals surface area contributed by atoms with Gasteiger partial charge in [0.2, 0.25) is 5.91 Å². The van der Waals surface area contributed by atoms with Crippen LogP contribution >= 0.6 is 11.8 Å². The number of ether oxygens (including phenoxy) is 1. The van der Waals surface area contributed by atoms with Crippen LogP contribution in [-0.4, -0.2) is 29.8 Å². The molecule has 1 aromatic rings. The van der Waals surface area contributed by atoms with E-state index in [0.717, 1.165) is 11.4 Å². The van der Waals surface area contributed by atoms with E-state index in [1.807, 2.05) is 0 Å². The zero-order chi connectivity index (χ0) is 13.5. The van der Waals surface area contributed by atoms with E-state index in [9.17, 15) is 9.59 Å². The molecule has 0 aliphatic rings. The van der Waals surface area contributed by atoms with E-state index in [1.165, 1.54) is 18.7 Å². The molecule has 0 fully saturated rings. The SMILES string of the molecule is COc1ccc(NC(=O)CS[C@@H](C)C(C)=O)cc1. The minimum Gasteiger partial charge on any atom is -0.497 e. The van der Waals surface area contributed by atoms with Gasteiger partial charge < -0.3 is 10.1 Å². The van der Waals surface area contributed by atoms with Crippen LogP contribution in [0.5, 0.6) is 5.75 Å². The molecule has 0 heterocycles. The van der Waals surface area contributed by atoms with Gasteiger partial charge in [-0.3, -0.25) is 9.59 Å². The summed E-state index contributed by atoms with van der Waals surface area (Å²) in [4.78, 5) is 22.6. The zero-order valence-corrected chi connectivity index (χ0v) is 11.5. The predicted octanol–water partition coefficient (Wildman–Crippen LogP) is 2.34. The third kappa shape index (κ3) is 4.79. The second kappa shape index (κ2) is 7.06. The Morgan fingerprint density at radius 1 is 1.33 bits per heavy atom. The summed E-state index contributed by atoms with van der Waals surface area (Å²) in [6.07, 6.45) is 0. The summed E-state index contributed by atoms with van der Waals surface area (Å²) < 4.78 is 5.03. The highest BCUT2D eigenvalue weighted by Gasteiger charge is 2.10. The topological polar surface area (TPSA) is 55.4 Å². The van der Waals surface area contributed by atoms with E-state index in [-0.39, 0.29) is 22.7 Å². The number of carbonyl (C=O) groups excluding carboxylic acids is 2. The van der Waals surface area contributed by atoms with E-state index < -0.39 is 0 Å². The Hall–Kier alpha value is -1.49. The highest BCUT2D eigenvalue weighted by molar-refractivity contribution is 8.01. The van der Waals surface area contributed by atoms with Gasteiger partial charge in [-0.15, -0.1) is 11.8 Å². The van der Waals surface area contributed by atoms with Crippen molar-refractivity contribution in [2.45, 2.75) is 19.1 Å². The number of Topliss-reactive ketones (excluding diaryl/α,β-unsaturated/α-hetero) is 1. The van der Waals surface area contributed by atoms with Gasteiger partial charge in [-0.2, -0.15) is 0 Å². The Kier molecular flexibility index (Phi) is 5.71. The molecular weight excluding hydrogens is 250 g/mol. The van der Waals surface area contributed by atoms with Crippen LogP contribution in [0.3, 0.4) is 0 Å². The molecule has 0 aliphatic heterocycles. The number of hydrogen-bond acceptors (Lipinski definition) is 4. The number of benzene rings is 1. The summed E-state index contributed by atoms with van der Waals surface area (Å²) in [6.45, 7) is 3.33. The maximum absolute atomic E-state index is 11.6. The van der Waals surface area contributed by atoms with Gasteiger partial charge in [0, 0.05) is 5.69 Å². The number of ketones is 1. The van der Waals surface area contributed by atoms with Gasteiger partial charge in [0.05, 0.1) is 18.1 Å². The summed E-state index contributed by atoms with van der Waals surface area (Å²) in [6, 6.07) is 7.10. The molecule has 0 aromatic heterocycles. The van der Waals surface area contributed by atoms with Crippen LogP contribution in [-0.2, 0) is 9.59 Å². The fourth-order valence-corrected chi connectivity index (χ4v) is 1.90. The molecule has 4 nitrogen and oxygen atoms in total. The average Bonchev–Trinajstić information content (AvgIpc) is 2.36. The highest BCUT2D eigenvalue weighted by Crippen LogP contribution is 2.16. The van der Waals surface area contributed by atoms with Crippen LogP contribution in [0.2, 0.25) is 0 Å². The Balaban J connectivity index is 2.42. The van der Waals surface area contributed by atoms with Crippen molar-refractivity contribution in [3.63, 3.8) is 0 Å². The van der Waals surface area contributed by atoms with Crippen LogP contribution in [0, 0.1) is 0 Å². The molecule has 1 aromatic carbocycles. The van der Waals surface area contributed by atoms with Gasteiger partial charge in [0.15, 0.2) is 0 Å². The summed E-state index contributed by atoms with van der Waals surface area (Å²) in [5.74, 6) is 0.982. The minimum absolute atomic E-state index is 0.0808. The van der Waals surface area contributed by atoms with Crippen molar-refractivity contribution in [2.75, 3.05) is 18.2 Å². The monoisotopic (exact) mass is 267 g/mol. The molecule has 98 valence electrons. The lowest BCUT2D eigenvalue weighted by molar-refractivity contribution is -0.116. The third-order valence-electron chi connectivity index (χ3n) is 2.41. The first-order chi connectivity index (χ1) is 8.52. The van der Waals surface area contributed by atoms with Gasteiger partial charge in [-0.1, -0.05) is 0 Å². The molecule has 1 N–H and O–H groups in total. The second-order valence-electron chi connectivity index (χ2n) is 3.84. The maximum Gasteiger partial charge on any atom is 0.234 e. The van der Waals surface area contributed by atoms with Crippen molar-refractivity contribution >= 4 is 29.1 Å². The number of carbonyl (C=O) groups is 2. The molecule has 18 heavy (non-hydrogen) atoms. The Bertz CT molecular complexity index is 417. The molecule has 0 bridgehead atoms. The number of methoxy groups -OCH3 is 1. The lowest BCUT2D eigenvalue weighted by Crippen LogP contribution is -2.18. The van der Waals surface area contributed by atoms with Gasteiger partial charge in [0.25, 0.3) is 0 Å². The lowest BCUT2D eigenvalue weighted by Gasteiger charge is -2.08. The number of thioether (sulfide) groups is 1. The van der Waals surface area contributed by atoms with E-state index in [4.69, 9.17) is 4.74 Å². The summed E-state index contributed by atoms with van der Waals surface area (Å²) in [7, 11) is 1.59. The normalized spacial score (nSPS) is 11.7. The fourth-order valence-electron chi connectivity index (χ4n) is 1.19. The van der Waals surface area contributed by atoms with E-state index in [1.54, 1.807) is 38.3 Å². The number of amides is 1. The average molecular weight is 267 g/mol. The standard InChI is InChI=1S/C13H17NO3S/c1-9(15)10(2)18-8-13(16)14-11-4-6-12(17-3)7-5-11/h4-7,10H,8H2,1-3H3,(H,14,16)/t10-/m0/s1. The summed E-state index contributed by atoms with van der Waals surface area (Å²) in [5, 5.41) is 2.61. The van der Waals surface area contributed by atoms with Gasteiger partial charge in [-0.05, 0) is 38.1 Å². The Morgan fingerprint density at radius 3 is 2.44 bits per heavy atom. The molecule has 0 aliphatic carbocycles. The molecule has 0 spiro atoms. The first-order valence-corrected chi connectivity index (χ1v) is 6.63. The van der Waals surface area contributed by atoms with Crippen molar-refractivity contribution in [3.05, 3.63) is 24.3 Å². The van der Waals surface area contributed by atoms with Crippen molar-refractivity contribution in [1.29, 1.82) is 0 Å². The van der Waals surface area contributed by atoms with Crippen molar-refractivity contribution in [2.24, 2.45) is 0 Å². The zero-order valence-electron chi connectivity index (χ0n) is 10.7. The molecule has 1 atom stereocenters. The predicted molar refractivity (Wildman–Crippen MR) is 74.2 cm³/mol. The molecular formula is C13H17NO3S. The quantitative estimate of drug-likeness (QED) is 0.859. The van der Waals surface area contributed by atoms with Crippen LogP contribution < -0.4 is 10.1 Å². The maximum atomic E-state index is 11.6. The number of anilines is 1. The fraction of sp³-hybridized carbons (Fsp3) is 0.385. The molecule has 0 unspecified atom stereocenters. The first kappa shape index (κ1) is 14.6. The molecule has 0 saturated heterocycles. The molecule has 0 radical (unpaired) electrons. The van der Waals surface area contributed by atoms with Crippen LogP contribution in [0.15, 0.2) is 24.3 Å². The van der Waals surface area contributed by atoms with Gasteiger partial charge in [0.1, 0.15) is 11.5 Å². The highest BCUT2D eigenvalue weighted by atomic mass is 32.2. The van der Waals surface area contributed by atoms with Gasteiger partial charge in [-0.25, -0.2) is 0 Å². The van der Waals surface area contributed by atoms with Crippen LogP contribution in [0.25, 0.3) is 0 Å². The largest absolute Gasteiger partial charge is 0.497 e. The van der Waals surface area contributed by atoms with Crippen LogP contribution in [0.1, 0.15) is 13.8 Å². The van der Waals surface area contributed by atoms with Crippen molar-refractivity contribution in [1.82, 2.24) is 0 Å². The summed E-state index contributed by atoms with van der Waals surface area (Å²) in [5.41, 5.74) is 0.719. The number of hydrogen-bond donors (Lipinski definition) is 1. The minimum atomic E-state index is -0.147. The van der Waals surface area contributed by atoms with E-state index in [2.05, 4.69) is 5.32 Å². The van der Waals surface area contributed by atoms with E-state index >= 15 is 0 Å². The van der Waals surface area contributed by atoms with Crippen molar-refractivity contribution in [3.8, 4) is 5.75 Å².